The average molecular weight is 601 g/mol. The van der Waals surface area contributed by atoms with Gasteiger partial charge in [0.2, 0.25) is 0 Å². The highest BCUT2D eigenvalue weighted by Gasteiger charge is 2.86. The topological polar surface area (TPSA) is 118 Å². The van der Waals surface area contributed by atoms with Gasteiger partial charge in [0.1, 0.15) is 30.5 Å². The van der Waals surface area contributed by atoms with E-state index in [9.17, 15) is 20.4 Å². The molecule has 0 aromatic rings. The number of aliphatic hydroxyl groups excluding tert-OH is 4. The molecule has 0 aromatic carbocycles. The Bertz CT molecular complexity index is 1260. The summed E-state index contributed by atoms with van der Waals surface area (Å²) in [5.74, 6) is -0.111. The predicted octanol–water partition coefficient (Wildman–Crippen LogP) is 3.85. The normalized spacial score (nSPS) is 61.0. The van der Waals surface area contributed by atoms with Gasteiger partial charge in [0.15, 0.2) is 12.1 Å². The summed E-state index contributed by atoms with van der Waals surface area (Å²) in [6.07, 6.45) is 3.79. The molecule has 3 spiro atoms. The molecule has 5 aliphatic carbocycles. The summed E-state index contributed by atoms with van der Waals surface area (Å²) >= 11 is 0. The molecule has 16 unspecified atom stereocenters. The van der Waals surface area contributed by atoms with Crippen molar-refractivity contribution in [3.8, 4) is 0 Å². The lowest BCUT2D eigenvalue weighted by Gasteiger charge is -2.60. The second-order valence-corrected chi connectivity index (χ2v) is 17.0. The minimum atomic E-state index is -1.28. The van der Waals surface area contributed by atoms with Gasteiger partial charge >= 0.3 is 0 Å². The molecule has 2 bridgehead atoms. The molecule has 4 N–H and O–H groups in total. The molecule has 16 atom stereocenters. The van der Waals surface area contributed by atoms with Gasteiger partial charge in [0.25, 0.3) is 0 Å². The lowest BCUT2D eigenvalue weighted by Crippen LogP contribution is -2.58. The van der Waals surface area contributed by atoms with Gasteiger partial charge in [0, 0.05) is 11.3 Å². The molecule has 4 saturated carbocycles. The first-order valence-corrected chi connectivity index (χ1v) is 16.8. The van der Waals surface area contributed by atoms with Crippen molar-refractivity contribution < 1.29 is 39.4 Å². The van der Waals surface area contributed by atoms with Crippen molar-refractivity contribution in [3.05, 3.63) is 23.8 Å². The fourth-order valence-corrected chi connectivity index (χ4v) is 12.9. The summed E-state index contributed by atoms with van der Waals surface area (Å²) < 4.78 is 25.8. The molecule has 3 heterocycles. The van der Waals surface area contributed by atoms with E-state index in [0.717, 1.165) is 50.5 Å². The van der Waals surface area contributed by atoms with Crippen molar-refractivity contribution >= 4 is 0 Å². The summed E-state index contributed by atoms with van der Waals surface area (Å²) in [4.78, 5) is 0. The van der Waals surface area contributed by atoms with Crippen molar-refractivity contribution in [1.82, 2.24) is 0 Å². The molecule has 43 heavy (non-hydrogen) atoms. The molecule has 0 radical (unpaired) electrons. The van der Waals surface area contributed by atoms with Crippen LogP contribution < -0.4 is 0 Å². The third-order valence-corrected chi connectivity index (χ3v) is 15.0. The lowest BCUT2D eigenvalue weighted by molar-refractivity contribution is -0.300. The SMILES string of the molecule is C=C(C)C1OC23OC1CC(C)C2C1(C)CCC24CC25CCC(OC2OCC(O)C(O)C2O)C(C)(C)C5CC=C4C1(C)C3O. The number of aliphatic hydroxyl groups is 4. The molecule has 0 amide bonds. The van der Waals surface area contributed by atoms with Crippen LogP contribution in [0.15, 0.2) is 23.8 Å². The molecule has 3 aliphatic heterocycles. The molecular formula is C35H52O8. The zero-order valence-electron chi connectivity index (χ0n) is 26.7. The van der Waals surface area contributed by atoms with Crippen molar-refractivity contribution in [3.63, 3.8) is 0 Å². The van der Waals surface area contributed by atoms with Crippen molar-refractivity contribution in [2.75, 3.05) is 6.61 Å². The highest BCUT2D eigenvalue weighted by molar-refractivity contribution is 5.48. The predicted molar refractivity (Wildman–Crippen MR) is 157 cm³/mol. The van der Waals surface area contributed by atoms with Crippen molar-refractivity contribution in [2.45, 2.75) is 141 Å². The third-order valence-electron chi connectivity index (χ3n) is 15.0. The Kier molecular flexibility index (Phi) is 6.01. The van der Waals surface area contributed by atoms with Gasteiger partial charge < -0.3 is 39.4 Å². The number of ether oxygens (including phenoxy) is 4. The van der Waals surface area contributed by atoms with Gasteiger partial charge in [-0.3, -0.25) is 0 Å². The van der Waals surface area contributed by atoms with E-state index in [-0.39, 0.29) is 52.5 Å². The Balaban J connectivity index is 1.13. The summed E-state index contributed by atoms with van der Waals surface area (Å²) in [5.41, 5.74) is 1.86. The second-order valence-electron chi connectivity index (χ2n) is 17.0. The number of rotatable bonds is 3. The Labute approximate surface area is 255 Å². The van der Waals surface area contributed by atoms with E-state index < -0.39 is 41.9 Å². The lowest BCUT2D eigenvalue weighted by atomic mass is 9.44. The first-order valence-electron chi connectivity index (χ1n) is 16.8. The number of hydrogen-bond acceptors (Lipinski definition) is 8. The average Bonchev–Trinajstić information content (AvgIpc) is 3.46. The molecule has 8 heteroatoms. The highest BCUT2D eigenvalue weighted by atomic mass is 16.8. The summed E-state index contributed by atoms with van der Waals surface area (Å²) in [5, 5.41) is 43.3. The van der Waals surface area contributed by atoms with E-state index in [1.54, 1.807) is 0 Å². The Hall–Kier alpha value is -0.840. The zero-order valence-corrected chi connectivity index (χ0v) is 26.7. The maximum atomic E-state index is 12.6. The first-order chi connectivity index (χ1) is 20.1. The van der Waals surface area contributed by atoms with E-state index in [0.29, 0.717) is 11.8 Å². The Morgan fingerprint density at radius 3 is 2.49 bits per heavy atom. The van der Waals surface area contributed by atoms with Crippen LogP contribution in [0.4, 0.5) is 0 Å². The van der Waals surface area contributed by atoms with Crippen LogP contribution in [-0.4, -0.2) is 81.8 Å². The minimum absolute atomic E-state index is 0.0520. The van der Waals surface area contributed by atoms with E-state index in [2.05, 4.69) is 47.3 Å². The summed E-state index contributed by atoms with van der Waals surface area (Å²) in [6.45, 7) is 17.9. The van der Waals surface area contributed by atoms with Gasteiger partial charge in [0.05, 0.1) is 18.8 Å². The van der Waals surface area contributed by atoms with Gasteiger partial charge in [-0.05, 0) is 90.9 Å². The zero-order chi connectivity index (χ0) is 30.7. The van der Waals surface area contributed by atoms with Crippen LogP contribution in [0.3, 0.4) is 0 Å². The van der Waals surface area contributed by atoms with Crippen LogP contribution in [0.1, 0.15) is 86.5 Å². The maximum absolute atomic E-state index is 12.6. The molecule has 8 aliphatic rings. The molecule has 0 aromatic heterocycles. The van der Waals surface area contributed by atoms with E-state index >= 15 is 0 Å². The molecular weight excluding hydrogens is 548 g/mol. The highest BCUT2D eigenvalue weighted by Crippen LogP contribution is 2.89. The smallest absolute Gasteiger partial charge is 0.200 e. The van der Waals surface area contributed by atoms with Gasteiger partial charge in [-0.1, -0.05) is 52.8 Å². The molecule has 240 valence electrons. The van der Waals surface area contributed by atoms with Crippen LogP contribution in [-0.2, 0) is 18.9 Å². The Morgan fingerprint density at radius 2 is 1.77 bits per heavy atom. The fraction of sp³-hybridized carbons (Fsp3) is 0.886. The van der Waals surface area contributed by atoms with Crippen LogP contribution in [0, 0.1) is 44.8 Å². The van der Waals surface area contributed by atoms with Crippen LogP contribution in [0.5, 0.6) is 0 Å². The van der Waals surface area contributed by atoms with E-state index in [1.165, 1.54) is 5.57 Å². The Morgan fingerprint density at radius 1 is 1.02 bits per heavy atom. The van der Waals surface area contributed by atoms with Gasteiger partial charge in [-0.25, -0.2) is 0 Å². The van der Waals surface area contributed by atoms with Crippen LogP contribution in [0.25, 0.3) is 0 Å². The standard InChI is InChI=1S/C35H52O8/c1-17(2)26-20-14-18(3)27-31(6)12-13-34-16-33(34)11-10-23(41-28-25(38)24(37)19(36)15-40-28)30(4,5)21(33)8-9-22(34)32(31,7)29(39)35(27,42-20)43-26/h9,18-21,23-29,36-39H,1,8,10-16H2,2-7H3. The van der Waals surface area contributed by atoms with Crippen molar-refractivity contribution in [1.29, 1.82) is 0 Å². The maximum Gasteiger partial charge on any atom is 0.200 e. The number of allylic oxidation sites excluding steroid dienone is 1. The monoisotopic (exact) mass is 600 g/mol. The van der Waals surface area contributed by atoms with E-state index in [4.69, 9.17) is 18.9 Å². The van der Waals surface area contributed by atoms with Gasteiger partial charge in [-0.2, -0.15) is 0 Å². The summed E-state index contributed by atoms with van der Waals surface area (Å²) in [6, 6.07) is 0. The summed E-state index contributed by atoms with van der Waals surface area (Å²) in [7, 11) is 0. The van der Waals surface area contributed by atoms with E-state index in [1.807, 2.05) is 6.92 Å². The molecule has 8 rings (SSSR count). The molecule has 3 saturated heterocycles. The number of fused-ring (bicyclic) bond motifs is 4. The number of hydrogen-bond donors (Lipinski definition) is 4. The largest absolute Gasteiger partial charge is 0.388 e. The molecule has 8 nitrogen and oxygen atoms in total. The fourth-order valence-electron chi connectivity index (χ4n) is 12.9. The quantitative estimate of drug-likeness (QED) is 0.361. The van der Waals surface area contributed by atoms with Gasteiger partial charge in [-0.15, -0.1) is 0 Å². The van der Waals surface area contributed by atoms with Crippen molar-refractivity contribution in [2.24, 2.45) is 44.8 Å². The minimum Gasteiger partial charge on any atom is -0.388 e. The third kappa shape index (κ3) is 3.21. The first kappa shape index (κ1) is 29.6. The van der Waals surface area contributed by atoms with Crippen LogP contribution >= 0.6 is 0 Å². The second kappa shape index (κ2) is 8.74. The van der Waals surface area contributed by atoms with Crippen LogP contribution in [0.2, 0.25) is 0 Å². The molecule has 7 fully saturated rings.